The van der Waals surface area contributed by atoms with Crippen LogP contribution in [0.5, 0.6) is 0 Å². The van der Waals surface area contributed by atoms with E-state index in [0.29, 0.717) is 0 Å². The lowest BCUT2D eigenvalue weighted by molar-refractivity contribution is -0.137. The van der Waals surface area contributed by atoms with Crippen molar-refractivity contribution in [3.63, 3.8) is 0 Å². The highest BCUT2D eigenvalue weighted by atomic mass is 19.4. The Morgan fingerprint density at radius 1 is 1.10 bits per heavy atom. The van der Waals surface area contributed by atoms with Crippen LogP contribution in [0.15, 0.2) is 18.2 Å². The predicted octanol–water partition coefficient (Wildman–Crippen LogP) is 2.82. The lowest BCUT2D eigenvalue weighted by Gasteiger charge is -2.32. The second-order valence-corrected chi connectivity index (χ2v) is 6.05. The Kier molecular flexibility index (Phi) is 3.70. The molecule has 3 nitrogen and oxygen atoms in total. The number of carbonyl (C=O) groups excluding carboxylic acids is 1. The van der Waals surface area contributed by atoms with Gasteiger partial charge in [0.2, 0.25) is 0 Å². The van der Waals surface area contributed by atoms with Gasteiger partial charge in [0.25, 0.3) is 0 Å². The van der Waals surface area contributed by atoms with Gasteiger partial charge in [-0.15, -0.1) is 0 Å². The molecule has 1 saturated heterocycles. The summed E-state index contributed by atoms with van der Waals surface area (Å²) in [6, 6.07) is 3.46. The van der Waals surface area contributed by atoms with E-state index in [2.05, 4.69) is 0 Å². The van der Waals surface area contributed by atoms with E-state index in [1.807, 2.05) is 27.7 Å². The van der Waals surface area contributed by atoms with Gasteiger partial charge in [-0.1, -0.05) is 12.1 Å². The van der Waals surface area contributed by atoms with Crippen molar-refractivity contribution >= 4 is 18.9 Å². The summed E-state index contributed by atoms with van der Waals surface area (Å²) in [7, 11) is -0.892. The van der Waals surface area contributed by atoms with Crippen molar-refractivity contribution < 1.29 is 27.3 Å². The van der Waals surface area contributed by atoms with Gasteiger partial charge in [-0.3, -0.25) is 4.79 Å². The largest absolute Gasteiger partial charge is 0.494 e. The molecule has 0 saturated carbocycles. The zero-order chi connectivity index (χ0) is 16.1. The highest BCUT2D eigenvalue weighted by Crippen LogP contribution is 2.37. The van der Waals surface area contributed by atoms with Crippen LogP contribution in [0.4, 0.5) is 13.2 Å². The zero-order valence-electron chi connectivity index (χ0n) is 12.2. The molecule has 2 rings (SSSR count). The molecule has 1 aliphatic rings. The van der Waals surface area contributed by atoms with Gasteiger partial charge < -0.3 is 9.31 Å². The molecule has 0 amide bonds. The topological polar surface area (TPSA) is 35.5 Å². The van der Waals surface area contributed by atoms with E-state index >= 15 is 0 Å². The molecular formula is C14H16BF3O3. The molecule has 21 heavy (non-hydrogen) atoms. The maximum atomic E-state index is 13.0. The first-order valence-electron chi connectivity index (χ1n) is 6.50. The molecule has 0 spiro atoms. The summed E-state index contributed by atoms with van der Waals surface area (Å²) in [4.78, 5) is 10.8. The predicted molar refractivity (Wildman–Crippen MR) is 72.5 cm³/mol. The third-order valence-corrected chi connectivity index (χ3v) is 4.04. The standard InChI is InChI=1S/C14H16BF3O3/c1-12(2)13(3,4)21-15(20-12)10-6-5-9(8-19)11(7-10)14(16,17)18/h5-8H,1-4H3. The first kappa shape index (κ1) is 16.0. The Bertz CT molecular complexity index is 551. The van der Waals surface area contributed by atoms with Crippen LogP contribution in [0, 0.1) is 0 Å². The van der Waals surface area contributed by atoms with Crippen molar-refractivity contribution in [3.8, 4) is 0 Å². The SMILES string of the molecule is CC1(C)OB(c2ccc(C=O)c(C(F)(F)F)c2)OC1(C)C. The van der Waals surface area contributed by atoms with Gasteiger partial charge in [0.1, 0.15) is 0 Å². The van der Waals surface area contributed by atoms with Crippen molar-refractivity contribution in [1.82, 2.24) is 0 Å². The minimum atomic E-state index is -4.60. The van der Waals surface area contributed by atoms with Crippen molar-refractivity contribution in [2.24, 2.45) is 0 Å². The smallest absolute Gasteiger partial charge is 0.399 e. The van der Waals surface area contributed by atoms with Gasteiger partial charge in [-0.05, 0) is 39.2 Å². The third-order valence-electron chi connectivity index (χ3n) is 4.04. The van der Waals surface area contributed by atoms with Crippen molar-refractivity contribution in [2.45, 2.75) is 45.1 Å². The maximum absolute atomic E-state index is 13.0. The molecule has 0 atom stereocenters. The van der Waals surface area contributed by atoms with E-state index in [0.717, 1.165) is 12.1 Å². The summed E-state index contributed by atoms with van der Waals surface area (Å²) in [6.45, 7) is 7.27. The molecule has 1 aromatic rings. The number of hydrogen-bond acceptors (Lipinski definition) is 3. The average Bonchev–Trinajstić information content (AvgIpc) is 2.56. The van der Waals surface area contributed by atoms with Gasteiger partial charge in [-0.25, -0.2) is 0 Å². The number of carbonyl (C=O) groups is 1. The second kappa shape index (κ2) is 4.85. The molecule has 0 aromatic heterocycles. The third kappa shape index (κ3) is 2.85. The van der Waals surface area contributed by atoms with Gasteiger partial charge in [0, 0.05) is 5.56 Å². The number of rotatable bonds is 2. The highest BCUT2D eigenvalue weighted by Gasteiger charge is 2.52. The average molecular weight is 300 g/mol. The number of benzene rings is 1. The summed E-state index contributed by atoms with van der Waals surface area (Å²) in [5.41, 5.74) is -2.42. The summed E-state index contributed by atoms with van der Waals surface area (Å²) in [5, 5.41) is 0. The van der Waals surface area contributed by atoms with Crippen LogP contribution in [0.1, 0.15) is 43.6 Å². The number of aldehydes is 1. The van der Waals surface area contributed by atoms with Gasteiger partial charge in [0.05, 0.1) is 16.8 Å². The molecule has 0 unspecified atom stereocenters. The van der Waals surface area contributed by atoms with Crippen LogP contribution in [0.3, 0.4) is 0 Å². The molecule has 0 aliphatic carbocycles. The summed E-state index contributed by atoms with van der Waals surface area (Å²) in [6.07, 6.45) is -4.41. The fourth-order valence-corrected chi connectivity index (χ4v) is 2.05. The molecular weight excluding hydrogens is 284 g/mol. The number of alkyl halides is 3. The molecule has 1 aliphatic heterocycles. The van der Waals surface area contributed by atoms with Gasteiger partial charge >= 0.3 is 13.3 Å². The lowest BCUT2D eigenvalue weighted by Crippen LogP contribution is -2.41. The van der Waals surface area contributed by atoms with Gasteiger partial charge in [0.15, 0.2) is 6.29 Å². The molecule has 0 bridgehead atoms. The quantitative estimate of drug-likeness (QED) is 0.622. The van der Waals surface area contributed by atoms with Gasteiger partial charge in [-0.2, -0.15) is 13.2 Å². The minimum absolute atomic E-state index is 0.191. The van der Waals surface area contributed by atoms with Crippen molar-refractivity contribution in [1.29, 1.82) is 0 Å². The molecule has 0 N–H and O–H groups in total. The highest BCUT2D eigenvalue weighted by molar-refractivity contribution is 6.62. The fraction of sp³-hybridized carbons (Fsp3) is 0.500. The van der Waals surface area contributed by atoms with Crippen molar-refractivity contribution in [3.05, 3.63) is 29.3 Å². The first-order chi connectivity index (χ1) is 9.48. The molecule has 7 heteroatoms. The normalized spacial score (nSPS) is 20.6. The Morgan fingerprint density at radius 2 is 1.62 bits per heavy atom. The van der Waals surface area contributed by atoms with E-state index in [1.165, 1.54) is 6.07 Å². The van der Waals surface area contributed by atoms with Crippen LogP contribution in [-0.2, 0) is 15.5 Å². The molecule has 114 valence electrons. The fourth-order valence-electron chi connectivity index (χ4n) is 2.05. The van der Waals surface area contributed by atoms with E-state index in [4.69, 9.17) is 9.31 Å². The van der Waals surface area contributed by atoms with E-state index < -0.39 is 35.6 Å². The van der Waals surface area contributed by atoms with Crippen LogP contribution in [-0.4, -0.2) is 24.6 Å². The van der Waals surface area contributed by atoms with Crippen LogP contribution in [0.2, 0.25) is 0 Å². The molecule has 1 fully saturated rings. The Hall–Kier alpha value is -1.34. The Balaban J connectivity index is 2.42. The summed E-state index contributed by atoms with van der Waals surface area (Å²) < 4.78 is 50.3. The maximum Gasteiger partial charge on any atom is 0.494 e. The minimum Gasteiger partial charge on any atom is -0.399 e. The molecule has 0 radical (unpaired) electrons. The van der Waals surface area contributed by atoms with Crippen LogP contribution >= 0.6 is 0 Å². The lowest BCUT2D eigenvalue weighted by atomic mass is 9.77. The monoisotopic (exact) mass is 300 g/mol. The second-order valence-electron chi connectivity index (χ2n) is 6.05. The van der Waals surface area contributed by atoms with Crippen molar-refractivity contribution in [2.75, 3.05) is 0 Å². The summed E-state index contributed by atoms with van der Waals surface area (Å²) in [5.74, 6) is 0. The number of halogens is 3. The van der Waals surface area contributed by atoms with E-state index in [9.17, 15) is 18.0 Å². The number of hydrogen-bond donors (Lipinski definition) is 0. The summed E-state index contributed by atoms with van der Waals surface area (Å²) >= 11 is 0. The van der Waals surface area contributed by atoms with E-state index in [-0.39, 0.29) is 11.7 Å². The Labute approximate surface area is 121 Å². The molecule has 1 heterocycles. The zero-order valence-corrected chi connectivity index (χ0v) is 12.2. The first-order valence-corrected chi connectivity index (χ1v) is 6.50. The van der Waals surface area contributed by atoms with Crippen LogP contribution in [0.25, 0.3) is 0 Å². The Morgan fingerprint density at radius 3 is 2.05 bits per heavy atom. The van der Waals surface area contributed by atoms with Crippen LogP contribution < -0.4 is 5.46 Å². The molecule has 1 aromatic carbocycles. The van der Waals surface area contributed by atoms with E-state index in [1.54, 1.807) is 0 Å².